The summed E-state index contributed by atoms with van der Waals surface area (Å²) in [5.74, 6) is -1.03. The summed E-state index contributed by atoms with van der Waals surface area (Å²) >= 11 is 1.01. The van der Waals surface area contributed by atoms with Gasteiger partial charge in [-0.1, -0.05) is 24.3 Å². The van der Waals surface area contributed by atoms with Crippen LogP contribution in [0.25, 0.3) is 0 Å². The van der Waals surface area contributed by atoms with E-state index < -0.39 is 30.2 Å². The molecule has 2 fully saturated rings. The Kier molecular flexibility index (Phi) is 5.97. The molecule has 1 N–H and O–H groups in total. The van der Waals surface area contributed by atoms with Gasteiger partial charge in [-0.05, 0) is 50.5 Å². The van der Waals surface area contributed by atoms with E-state index in [1.807, 2.05) is 52.0 Å². The van der Waals surface area contributed by atoms with Crippen LogP contribution in [0.4, 0.5) is 0 Å². The Morgan fingerprint density at radius 1 is 1.21 bits per heavy atom. The molecule has 0 aliphatic carbocycles. The van der Waals surface area contributed by atoms with Crippen molar-refractivity contribution in [2.45, 2.75) is 38.9 Å². The normalized spacial score (nSPS) is 23.2. The van der Waals surface area contributed by atoms with Crippen LogP contribution in [0, 0.1) is 0 Å². The lowest BCUT2D eigenvalue weighted by atomic mass is 9.76. The molecule has 8 nitrogen and oxygen atoms in total. The largest absolute Gasteiger partial charge is 0.495 e. The van der Waals surface area contributed by atoms with Gasteiger partial charge in [-0.3, -0.25) is 10.1 Å². The zero-order chi connectivity index (χ0) is 21.2. The Morgan fingerprint density at radius 3 is 2.52 bits per heavy atom. The summed E-state index contributed by atoms with van der Waals surface area (Å²) in [6.07, 6.45) is 2.68. The number of rotatable bonds is 4. The summed E-state index contributed by atoms with van der Waals surface area (Å²) in [5.41, 5.74) is 0.726. The van der Waals surface area contributed by atoms with Crippen LogP contribution < -0.4 is 10.8 Å². The molecule has 0 atom stereocenters. The maximum Gasteiger partial charge on any atom is 0.495 e. The number of ether oxygens (including phenoxy) is 1. The standard InChI is InChI=1S/C19H22BN3O5S/c1-18(2)19(3,4)28-20(27-18)13-9-7-6-8-12(13)11-21-23-17-22-16(25)14(29-17)10-15(24)26-5/h6-11H,1-5H3,(H,22,23,25)/b14-10+,21-11?. The summed E-state index contributed by atoms with van der Waals surface area (Å²) in [5, 5.41) is 10.9. The molecule has 0 aromatic heterocycles. The lowest BCUT2D eigenvalue weighted by Gasteiger charge is -2.32. The lowest BCUT2D eigenvalue weighted by molar-refractivity contribution is -0.135. The number of hydrogen-bond acceptors (Lipinski definition) is 8. The number of carbonyl (C=O) groups is 2. The number of carbonyl (C=O) groups excluding carboxylic acids is 2. The van der Waals surface area contributed by atoms with Crippen LogP contribution in [0.3, 0.4) is 0 Å². The number of nitrogens with zero attached hydrogens (tertiary/aromatic N) is 2. The van der Waals surface area contributed by atoms with Gasteiger partial charge in [0.05, 0.1) is 29.4 Å². The molecule has 29 heavy (non-hydrogen) atoms. The van der Waals surface area contributed by atoms with Crippen molar-refractivity contribution in [3.63, 3.8) is 0 Å². The highest BCUT2D eigenvalue weighted by atomic mass is 32.2. The first-order valence-electron chi connectivity index (χ1n) is 8.97. The molecule has 2 saturated heterocycles. The van der Waals surface area contributed by atoms with Gasteiger partial charge in [0.1, 0.15) is 0 Å². The van der Waals surface area contributed by atoms with Gasteiger partial charge in [0, 0.05) is 6.08 Å². The smallest absolute Gasteiger partial charge is 0.466 e. The molecule has 2 heterocycles. The topological polar surface area (TPSA) is 98.6 Å². The van der Waals surface area contributed by atoms with Crippen molar-refractivity contribution >= 4 is 47.6 Å². The van der Waals surface area contributed by atoms with Gasteiger partial charge in [-0.15, -0.1) is 5.10 Å². The highest BCUT2D eigenvalue weighted by molar-refractivity contribution is 8.18. The summed E-state index contributed by atoms with van der Waals surface area (Å²) in [4.78, 5) is 23.3. The molecular weight excluding hydrogens is 393 g/mol. The number of amides is 1. The molecular formula is C19H22BN3O5S. The van der Waals surface area contributed by atoms with E-state index in [0.29, 0.717) is 0 Å². The Morgan fingerprint density at radius 2 is 1.86 bits per heavy atom. The van der Waals surface area contributed by atoms with Crippen molar-refractivity contribution < 1.29 is 23.6 Å². The molecule has 0 radical (unpaired) electrons. The number of esters is 1. The van der Waals surface area contributed by atoms with Crippen LogP contribution in [0.1, 0.15) is 33.3 Å². The van der Waals surface area contributed by atoms with Crippen molar-refractivity contribution in [1.29, 1.82) is 0 Å². The van der Waals surface area contributed by atoms with Crippen molar-refractivity contribution in [1.82, 2.24) is 5.32 Å². The predicted octanol–water partition coefficient (Wildman–Crippen LogP) is 1.60. The number of amidine groups is 1. The predicted molar refractivity (Wildman–Crippen MR) is 113 cm³/mol. The van der Waals surface area contributed by atoms with E-state index in [4.69, 9.17) is 9.31 Å². The van der Waals surface area contributed by atoms with Gasteiger partial charge in [0.15, 0.2) is 5.17 Å². The Labute approximate surface area is 173 Å². The number of thioether (sulfide) groups is 1. The number of benzene rings is 1. The fraction of sp³-hybridized carbons (Fsp3) is 0.368. The zero-order valence-electron chi connectivity index (χ0n) is 16.9. The van der Waals surface area contributed by atoms with Gasteiger partial charge >= 0.3 is 13.1 Å². The van der Waals surface area contributed by atoms with Crippen LogP contribution in [0.15, 0.2) is 45.4 Å². The first-order valence-corrected chi connectivity index (χ1v) is 9.79. The fourth-order valence-electron chi connectivity index (χ4n) is 2.60. The highest BCUT2D eigenvalue weighted by Gasteiger charge is 2.52. The van der Waals surface area contributed by atoms with Crippen molar-refractivity contribution in [2.75, 3.05) is 7.11 Å². The lowest BCUT2D eigenvalue weighted by Crippen LogP contribution is -2.41. The number of nitrogens with one attached hydrogen (secondary N) is 1. The monoisotopic (exact) mass is 415 g/mol. The molecule has 10 heteroatoms. The van der Waals surface area contributed by atoms with Crippen LogP contribution in [0.5, 0.6) is 0 Å². The van der Waals surface area contributed by atoms with Gasteiger partial charge in [0.25, 0.3) is 5.91 Å². The molecule has 0 spiro atoms. The third-order valence-electron chi connectivity index (χ3n) is 4.95. The first kappa shape index (κ1) is 21.3. The van der Waals surface area contributed by atoms with E-state index in [-0.39, 0.29) is 10.1 Å². The Bertz CT molecular complexity index is 910. The van der Waals surface area contributed by atoms with Gasteiger partial charge in [-0.2, -0.15) is 5.10 Å². The van der Waals surface area contributed by atoms with Crippen LogP contribution in [-0.4, -0.2) is 48.7 Å². The molecule has 1 aromatic carbocycles. The molecule has 0 unspecified atom stereocenters. The van der Waals surface area contributed by atoms with E-state index in [1.165, 1.54) is 7.11 Å². The first-order chi connectivity index (χ1) is 13.6. The van der Waals surface area contributed by atoms with Crippen LogP contribution in [-0.2, 0) is 23.6 Å². The number of methoxy groups -OCH3 is 1. The SMILES string of the molecule is COC(=O)/C=C1/S/C(=N\N=Cc2ccccc2B2OC(C)(C)C(C)(C)O2)NC1=O. The molecule has 0 saturated carbocycles. The van der Waals surface area contributed by atoms with Gasteiger partial charge in [0.2, 0.25) is 0 Å². The molecule has 1 amide bonds. The minimum atomic E-state index is -0.608. The quantitative estimate of drug-likeness (QED) is 0.264. The second-order valence-electron chi connectivity index (χ2n) is 7.45. The summed E-state index contributed by atoms with van der Waals surface area (Å²) in [6, 6.07) is 7.58. The summed E-state index contributed by atoms with van der Waals surface area (Å²) in [7, 11) is 0.721. The Hall–Kier alpha value is -2.43. The highest BCUT2D eigenvalue weighted by Crippen LogP contribution is 2.36. The number of hydrogen-bond donors (Lipinski definition) is 1. The molecule has 2 aliphatic rings. The molecule has 1 aromatic rings. The average molecular weight is 415 g/mol. The van der Waals surface area contributed by atoms with Crippen molar-refractivity contribution in [3.8, 4) is 0 Å². The zero-order valence-corrected chi connectivity index (χ0v) is 17.7. The van der Waals surface area contributed by atoms with Crippen LogP contribution >= 0.6 is 11.8 Å². The minimum absolute atomic E-state index is 0.198. The van der Waals surface area contributed by atoms with E-state index in [0.717, 1.165) is 28.9 Å². The van der Waals surface area contributed by atoms with Gasteiger partial charge < -0.3 is 14.0 Å². The van der Waals surface area contributed by atoms with Crippen molar-refractivity contribution in [2.24, 2.45) is 10.2 Å². The van der Waals surface area contributed by atoms with E-state index in [1.54, 1.807) is 6.21 Å². The molecule has 2 aliphatic heterocycles. The molecule has 152 valence electrons. The average Bonchev–Trinajstić information content (AvgIpc) is 3.10. The second kappa shape index (κ2) is 8.13. The molecule has 3 rings (SSSR count). The fourth-order valence-corrected chi connectivity index (χ4v) is 3.34. The summed E-state index contributed by atoms with van der Waals surface area (Å²) in [6.45, 7) is 7.98. The summed E-state index contributed by atoms with van der Waals surface area (Å²) < 4.78 is 16.8. The van der Waals surface area contributed by atoms with Gasteiger partial charge in [-0.25, -0.2) is 4.79 Å². The third kappa shape index (κ3) is 4.60. The maximum atomic E-state index is 11.8. The van der Waals surface area contributed by atoms with E-state index in [2.05, 4.69) is 20.3 Å². The van der Waals surface area contributed by atoms with Crippen LogP contribution in [0.2, 0.25) is 0 Å². The minimum Gasteiger partial charge on any atom is -0.466 e. The Balaban J connectivity index is 1.76. The van der Waals surface area contributed by atoms with Crippen molar-refractivity contribution in [3.05, 3.63) is 40.8 Å². The maximum absolute atomic E-state index is 11.8. The van der Waals surface area contributed by atoms with E-state index >= 15 is 0 Å². The molecule has 0 bridgehead atoms. The second-order valence-corrected chi connectivity index (χ2v) is 8.49. The third-order valence-corrected chi connectivity index (χ3v) is 5.85. The van der Waals surface area contributed by atoms with E-state index in [9.17, 15) is 9.59 Å².